The van der Waals surface area contributed by atoms with Crippen LogP contribution in [0.5, 0.6) is 0 Å². The van der Waals surface area contributed by atoms with Crippen LogP contribution in [0.2, 0.25) is 0 Å². The van der Waals surface area contributed by atoms with Gasteiger partial charge in [-0.25, -0.2) is 0 Å². The van der Waals surface area contributed by atoms with Gasteiger partial charge in [0.15, 0.2) is 0 Å². The highest BCUT2D eigenvalue weighted by Crippen LogP contribution is 2.28. The van der Waals surface area contributed by atoms with Crippen LogP contribution in [0.15, 0.2) is 0 Å². The van der Waals surface area contributed by atoms with Gasteiger partial charge in [-0.2, -0.15) is 0 Å². The van der Waals surface area contributed by atoms with Crippen molar-refractivity contribution in [1.29, 1.82) is 0 Å². The molecular formula is C10H20N2. The molecule has 70 valence electrons. The van der Waals surface area contributed by atoms with Crippen molar-refractivity contribution in [3.63, 3.8) is 0 Å². The van der Waals surface area contributed by atoms with Gasteiger partial charge in [-0.1, -0.05) is 6.42 Å². The van der Waals surface area contributed by atoms with Crippen molar-refractivity contribution in [1.82, 2.24) is 10.2 Å². The first-order valence-corrected chi connectivity index (χ1v) is 5.20. The Morgan fingerprint density at radius 2 is 2.08 bits per heavy atom. The van der Waals surface area contributed by atoms with Gasteiger partial charge in [0.1, 0.15) is 0 Å². The summed E-state index contributed by atoms with van der Waals surface area (Å²) in [5.41, 5.74) is 0. The summed E-state index contributed by atoms with van der Waals surface area (Å²) in [6.45, 7) is 4.83. The van der Waals surface area contributed by atoms with Crippen LogP contribution in [-0.4, -0.2) is 37.1 Å². The molecular weight excluding hydrogens is 148 g/mol. The molecule has 2 fully saturated rings. The molecule has 1 aliphatic carbocycles. The van der Waals surface area contributed by atoms with Crippen molar-refractivity contribution in [3.05, 3.63) is 0 Å². The van der Waals surface area contributed by atoms with Crippen LogP contribution in [0, 0.1) is 5.92 Å². The fourth-order valence-electron chi connectivity index (χ4n) is 2.84. The van der Waals surface area contributed by atoms with Gasteiger partial charge >= 0.3 is 0 Å². The molecule has 0 spiro atoms. The normalized spacial score (nSPS) is 44.0. The van der Waals surface area contributed by atoms with E-state index >= 15 is 0 Å². The van der Waals surface area contributed by atoms with E-state index in [9.17, 15) is 0 Å². The van der Waals surface area contributed by atoms with Crippen LogP contribution in [0.3, 0.4) is 0 Å². The summed E-state index contributed by atoms with van der Waals surface area (Å²) in [4.78, 5) is 2.48. The molecule has 1 saturated heterocycles. The van der Waals surface area contributed by atoms with Crippen LogP contribution in [0.1, 0.15) is 26.2 Å². The van der Waals surface area contributed by atoms with E-state index in [1.807, 2.05) is 0 Å². The average molecular weight is 168 g/mol. The summed E-state index contributed by atoms with van der Waals surface area (Å²) in [6, 6.07) is 1.51. The lowest BCUT2D eigenvalue weighted by Gasteiger charge is -2.19. The van der Waals surface area contributed by atoms with E-state index in [0.29, 0.717) is 6.04 Å². The zero-order valence-electron chi connectivity index (χ0n) is 8.21. The van der Waals surface area contributed by atoms with Crippen LogP contribution in [0.4, 0.5) is 0 Å². The molecule has 1 N–H and O–H groups in total. The van der Waals surface area contributed by atoms with E-state index in [-0.39, 0.29) is 0 Å². The molecule has 0 bridgehead atoms. The molecule has 0 aromatic carbocycles. The molecule has 0 aromatic rings. The minimum atomic E-state index is 0.683. The standard InChI is InChI=1S/C10H20N2/c1-8-6-12(2)7-9-4-3-5-10(9)11-8/h8-11H,3-7H2,1-2H3. The van der Waals surface area contributed by atoms with E-state index in [1.165, 1.54) is 32.4 Å². The largest absolute Gasteiger partial charge is 0.310 e. The lowest BCUT2D eigenvalue weighted by Crippen LogP contribution is -2.38. The summed E-state index contributed by atoms with van der Waals surface area (Å²) < 4.78 is 0. The van der Waals surface area contributed by atoms with Crippen molar-refractivity contribution < 1.29 is 0 Å². The zero-order chi connectivity index (χ0) is 8.55. The highest BCUT2D eigenvalue weighted by atomic mass is 15.2. The summed E-state index contributed by atoms with van der Waals surface area (Å²) in [5, 5.41) is 3.73. The fourth-order valence-corrected chi connectivity index (χ4v) is 2.84. The summed E-state index contributed by atoms with van der Waals surface area (Å²) in [6.07, 6.45) is 4.28. The van der Waals surface area contributed by atoms with E-state index < -0.39 is 0 Å². The number of nitrogens with one attached hydrogen (secondary N) is 1. The van der Waals surface area contributed by atoms with Crippen molar-refractivity contribution in [2.45, 2.75) is 38.3 Å². The van der Waals surface area contributed by atoms with Crippen molar-refractivity contribution in [2.24, 2.45) is 5.92 Å². The smallest absolute Gasteiger partial charge is 0.0169 e. The molecule has 3 atom stereocenters. The summed E-state index contributed by atoms with van der Waals surface area (Å²) in [7, 11) is 2.25. The molecule has 0 amide bonds. The lowest BCUT2D eigenvalue weighted by atomic mass is 10.0. The molecule has 0 radical (unpaired) electrons. The maximum atomic E-state index is 3.73. The van der Waals surface area contributed by atoms with Crippen molar-refractivity contribution >= 4 is 0 Å². The first kappa shape index (κ1) is 8.52. The van der Waals surface area contributed by atoms with E-state index in [4.69, 9.17) is 0 Å². The van der Waals surface area contributed by atoms with Gasteiger partial charge in [0.2, 0.25) is 0 Å². The maximum Gasteiger partial charge on any atom is 0.0169 e. The van der Waals surface area contributed by atoms with Gasteiger partial charge < -0.3 is 10.2 Å². The Labute approximate surface area is 75.3 Å². The van der Waals surface area contributed by atoms with Gasteiger partial charge in [0, 0.05) is 25.2 Å². The van der Waals surface area contributed by atoms with E-state index in [1.54, 1.807) is 0 Å². The Balaban J connectivity index is 2.02. The number of hydrogen-bond acceptors (Lipinski definition) is 2. The van der Waals surface area contributed by atoms with Crippen LogP contribution in [0.25, 0.3) is 0 Å². The van der Waals surface area contributed by atoms with Crippen molar-refractivity contribution in [2.75, 3.05) is 20.1 Å². The minimum absolute atomic E-state index is 0.683. The summed E-state index contributed by atoms with van der Waals surface area (Å²) >= 11 is 0. The van der Waals surface area contributed by atoms with Gasteiger partial charge in [-0.05, 0) is 32.7 Å². The quantitative estimate of drug-likeness (QED) is 0.582. The van der Waals surface area contributed by atoms with Crippen molar-refractivity contribution in [3.8, 4) is 0 Å². The second kappa shape index (κ2) is 3.35. The maximum absolute atomic E-state index is 3.73. The molecule has 0 aromatic heterocycles. The van der Waals surface area contributed by atoms with Gasteiger partial charge in [0.05, 0.1) is 0 Å². The Bertz CT molecular complexity index is 142. The van der Waals surface area contributed by atoms with E-state index in [2.05, 4.69) is 24.2 Å². The molecule has 2 nitrogen and oxygen atoms in total. The fraction of sp³-hybridized carbons (Fsp3) is 1.00. The highest BCUT2D eigenvalue weighted by Gasteiger charge is 2.31. The molecule has 1 heterocycles. The molecule has 12 heavy (non-hydrogen) atoms. The average Bonchev–Trinajstić information content (AvgIpc) is 2.31. The van der Waals surface area contributed by atoms with Crippen LogP contribution in [-0.2, 0) is 0 Å². The van der Waals surface area contributed by atoms with Crippen LogP contribution >= 0.6 is 0 Å². The van der Waals surface area contributed by atoms with Gasteiger partial charge in [-0.15, -0.1) is 0 Å². The minimum Gasteiger partial charge on any atom is -0.310 e. The Morgan fingerprint density at radius 1 is 1.25 bits per heavy atom. The number of nitrogens with zero attached hydrogens (tertiary/aromatic N) is 1. The molecule has 1 saturated carbocycles. The van der Waals surface area contributed by atoms with E-state index in [0.717, 1.165) is 12.0 Å². The Kier molecular flexibility index (Phi) is 2.37. The number of rotatable bonds is 0. The second-order valence-electron chi connectivity index (χ2n) is 4.59. The lowest BCUT2D eigenvalue weighted by molar-refractivity contribution is 0.293. The molecule has 1 aliphatic heterocycles. The van der Waals surface area contributed by atoms with Gasteiger partial charge in [-0.3, -0.25) is 0 Å². The number of likely N-dealkylation sites (N-methyl/N-ethyl adjacent to an activating group) is 1. The number of hydrogen-bond donors (Lipinski definition) is 1. The first-order valence-electron chi connectivity index (χ1n) is 5.20. The summed E-state index contributed by atoms with van der Waals surface area (Å²) in [5.74, 6) is 0.931. The zero-order valence-corrected chi connectivity index (χ0v) is 8.21. The second-order valence-corrected chi connectivity index (χ2v) is 4.59. The monoisotopic (exact) mass is 168 g/mol. The number of fused-ring (bicyclic) bond motifs is 1. The third-order valence-corrected chi connectivity index (χ3v) is 3.29. The predicted molar refractivity (Wildman–Crippen MR) is 51.2 cm³/mol. The third-order valence-electron chi connectivity index (χ3n) is 3.29. The Hall–Kier alpha value is -0.0800. The third kappa shape index (κ3) is 1.64. The molecule has 2 aliphatic rings. The highest BCUT2D eigenvalue weighted by molar-refractivity contribution is 4.89. The molecule has 3 unspecified atom stereocenters. The first-order chi connectivity index (χ1) is 5.75. The molecule has 2 rings (SSSR count). The SMILES string of the molecule is CC1CN(C)CC2CCCC2N1. The Morgan fingerprint density at radius 3 is 2.92 bits per heavy atom. The molecule has 2 heteroatoms. The van der Waals surface area contributed by atoms with Crippen LogP contribution < -0.4 is 5.32 Å². The van der Waals surface area contributed by atoms with Gasteiger partial charge in [0.25, 0.3) is 0 Å². The topological polar surface area (TPSA) is 15.3 Å². The predicted octanol–water partition coefficient (Wildman–Crippen LogP) is 1.08.